The van der Waals surface area contributed by atoms with Crippen molar-refractivity contribution in [2.75, 3.05) is 31.9 Å². The minimum atomic E-state index is -3.56. The minimum Gasteiger partial charge on any atom is -0.399 e. The first-order valence-corrected chi connectivity index (χ1v) is 8.74. The van der Waals surface area contributed by atoms with E-state index in [1.807, 2.05) is 0 Å². The smallest absolute Gasteiger partial charge is 0.244 e. The van der Waals surface area contributed by atoms with Crippen molar-refractivity contribution in [1.29, 1.82) is 0 Å². The van der Waals surface area contributed by atoms with Crippen LogP contribution in [0, 0.1) is 0 Å². The molecule has 1 saturated heterocycles. The van der Waals surface area contributed by atoms with E-state index in [-0.39, 0.29) is 15.5 Å². The third-order valence-corrected chi connectivity index (χ3v) is 6.14. The van der Waals surface area contributed by atoms with Crippen molar-refractivity contribution in [2.24, 2.45) is 0 Å². The van der Waals surface area contributed by atoms with Crippen molar-refractivity contribution < 1.29 is 8.42 Å². The van der Waals surface area contributed by atoms with E-state index < -0.39 is 10.0 Å². The van der Waals surface area contributed by atoms with Gasteiger partial charge in [0.2, 0.25) is 10.0 Å². The Balaban J connectivity index is 2.19. The largest absolute Gasteiger partial charge is 0.399 e. The summed E-state index contributed by atoms with van der Waals surface area (Å²) in [6.45, 7) is 8.78. The molecule has 7 heteroatoms. The molecule has 1 aliphatic rings. The Morgan fingerprint density at radius 3 is 2.19 bits per heavy atom. The van der Waals surface area contributed by atoms with Gasteiger partial charge in [-0.05, 0) is 39.0 Å². The van der Waals surface area contributed by atoms with Crippen LogP contribution in [0.1, 0.15) is 20.8 Å². The van der Waals surface area contributed by atoms with E-state index in [4.69, 9.17) is 17.3 Å². The van der Waals surface area contributed by atoms with Gasteiger partial charge >= 0.3 is 0 Å². The molecule has 2 rings (SSSR count). The van der Waals surface area contributed by atoms with Gasteiger partial charge in [-0.25, -0.2) is 8.42 Å². The summed E-state index contributed by atoms with van der Waals surface area (Å²) in [6, 6.07) is 4.51. The monoisotopic (exact) mass is 331 g/mol. The lowest BCUT2D eigenvalue weighted by Gasteiger charge is -2.41. The third-order valence-electron chi connectivity index (χ3n) is 3.76. The van der Waals surface area contributed by atoms with E-state index >= 15 is 0 Å². The summed E-state index contributed by atoms with van der Waals surface area (Å²) in [6.07, 6.45) is 0. The molecule has 0 saturated carbocycles. The van der Waals surface area contributed by atoms with Crippen molar-refractivity contribution in [3.05, 3.63) is 23.2 Å². The Morgan fingerprint density at radius 1 is 1.14 bits per heavy atom. The highest BCUT2D eigenvalue weighted by atomic mass is 35.5. The number of nitrogens with zero attached hydrogens (tertiary/aromatic N) is 2. The van der Waals surface area contributed by atoms with Crippen molar-refractivity contribution in [2.45, 2.75) is 31.2 Å². The van der Waals surface area contributed by atoms with Crippen molar-refractivity contribution >= 4 is 27.3 Å². The quantitative estimate of drug-likeness (QED) is 0.842. The van der Waals surface area contributed by atoms with Crippen LogP contribution < -0.4 is 5.73 Å². The standard InChI is InChI=1S/C14H22ClN3O2S/c1-14(2,3)17-6-8-18(9-7-17)21(19,20)13-5-4-11(16)10-12(13)15/h4-5,10H,6-9,16H2,1-3H3. The second-order valence-electron chi connectivity index (χ2n) is 6.25. The van der Waals surface area contributed by atoms with Gasteiger partial charge in [-0.3, -0.25) is 4.90 Å². The molecule has 0 amide bonds. The van der Waals surface area contributed by atoms with Crippen LogP contribution in [0.2, 0.25) is 5.02 Å². The summed E-state index contributed by atoms with van der Waals surface area (Å²) in [7, 11) is -3.56. The van der Waals surface area contributed by atoms with Gasteiger partial charge in [-0.2, -0.15) is 4.31 Å². The Morgan fingerprint density at radius 2 is 1.71 bits per heavy atom. The topological polar surface area (TPSA) is 66.6 Å². The molecule has 21 heavy (non-hydrogen) atoms. The van der Waals surface area contributed by atoms with E-state index in [1.54, 1.807) is 6.07 Å². The zero-order valence-electron chi connectivity index (χ0n) is 12.6. The van der Waals surface area contributed by atoms with Crippen LogP contribution in [-0.4, -0.2) is 49.3 Å². The lowest BCUT2D eigenvalue weighted by molar-refractivity contribution is 0.0922. The fraction of sp³-hybridized carbons (Fsp3) is 0.571. The number of piperazine rings is 1. The van der Waals surface area contributed by atoms with Gasteiger partial charge in [0.25, 0.3) is 0 Å². The minimum absolute atomic E-state index is 0.0503. The molecule has 0 atom stereocenters. The van der Waals surface area contributed by atoms with E-state index in [1.165, 1.54) is 16.4 Å². The van der Waals surface area contributed by atoms with Crippen LogP contribution in [0.15, 0.2) is 23.1 Å². The molecule has 1 aromatic rings. The highest BCUT2D eigenvalue weighted by molar-refractivity contribution is 7.89. The highest BCUT2D eigenvalue weighted by Crippen LogP contribution is 2.28. The SMILES string of the molecule is CC(C)(C)N1CCN(S(=O)(=O)c2ccc(N)cc2Cl)CC1. The number of nitrogen functional groups attached to an aromatic ring is 1. The molecule has 0 radical (unpaired) electrons. The van der Waals surface area contributed by atoms with E-state index in [2.05, 4.69) is 25.7 Å². The molecular weight excluding hydrogens is 310 g/mol. The average molecular weight is 332 g/mol. The maximum absolute atomic E-state index is 12.7. The molecule has 0 aliphatic carbocycles. The van der Waals surface area contributed by atoms with Gasteiger partial charge in [0.15, 0.2) is 0 Å². The second kappa shape index (κ2) is 5.76. The molecule has 2 N–H and O–H groups in total. The van der Waals surface area contributed by atoms with Gasteiger partial charge in [0.05, 0.1) is 5.02 Å². The molecule has 1 heterocycles. The summed E-state index contributed by atoms with van der Waals surface area (Å²) in [4.78, 5) is 2.41. The van der Waals surface area contributed by atoms with Crippen molar-refractivity contribution in [3.8, 4) is 0 Å². The predicted molar refractivity (Wildman–Crippen MR) is 85.9 cm³/mol. The Labute approximate surface area is 131 Å². The van der Waals surface area contributed by atoms with Crippen LogP contribution in [0.3, 0.4) is 0 Å². The lowest BCUT2D eigenvalue weighted by atomic mass is 10.1. The number of sulfonamides is 1. The number of hydrogen-bond donors (Lipinski definition) is 1. The molecule has 5 nitrogen and oxygen atoms in total. The summed E-state index contributed by atoms with van der Waals surface area (Å²) < 4.78 is 26.8. The predicted octanol–water partition coefficient (Wildman–Crippen LogP) is 2.03. The van der Waals surface area contributed by atoms with Gasteiger partial charge in [-0.15, -0.1) is 0 Å². The third kappa shape index (κ3) is 3.51. The summed E-state index contributed by atoms with van der Waals surface area (Å²) in [5, 5.41) is 0.174. The average Bonchev–Trinajstić information content (AvgIpc) is 2.37. The highest BCUT2D eigenvalue weighted by Gasteiger charge is 2.33. The van der Waals surface area contributed by atoms with E-state index in [9.17, 15) is 8.42 Å². The van der Waals surface area contributed by atoms with Gasteiger partial charge in [0.1, 0.15) is 4.90 Å². The maximum atomic E-state index is 12.7. The zero-order chi connectivity index (χ0) is 15.8. The summed E-state index contributed by atoms with van der Waals surface area (Å²) in [5.74, 6) is 0. The fourth-order valence-electron chi connectivity index (χ4n) is 2.46. The van der Waals surface area contributed by atoms with Crippen LogP contribution in [0.25, 0.3) is 0 Å². The molecule has 0 spiro atoms. The number of halogens is 1. The van der Waals surface area contributed by atoms with Crippen LogP contribution in [0.4, 0.5) is 5.69 Å². The van der Waals surface area contributed by atoms with Crippen LogP contribution in [-0.2, 0) is 10.0 Å². The van der Waals surface area contributed by atoms with Crippen molar-refractivity contribution in [3.63, 3.8) is 0 Å². The fourth-order valence-corrected chi connectivity index (χ4v) is 4.41. The number of hydrogen-bond acceptors (Lipinski definition) is 4. The second-order valence-corrected chi connectivity index (χ2v) is 8.57. The molecule has 0 unspecified atom stereocenters. The molecule has 1 aliphatic heterocycles. The first kappa shape index (κ1) is 16.5. The first-order valence-electron chi connectivity index (χ1n) is 6.92. The molecule has 1 fully saturated rings. The molecular formula is C14H22ClN3O2S. The van der Waals surface area contributed by atoms with Gasteiger partial charge in [0, 0.05) is 37.4 Å². The normalized spacial score (nSPS) is 18.9. The summed E-state index contributed by atoms with van der Waals surface area (Å²) >= 11 is 6.04. The van der Waals surface area contributed by atoms with Crippen LogP contribution in [0.5, 0.6) is 0 Å². The molecule has 0 bridgehead atoms. The number of anilines is 1. The number of nitrogens with two attached hydrogens (primary N) is 1. The molecule has 1 aromatic carbocycles. The number of rotatable bonds is 2. The Kier molecular flexibility index (Phi) is 4.54. The van der Waals surface area contributed by atoms with E-state index in [0.29, 0.717) is 18.8 Å². The van der Waals surface area contributed by atoms with E-state index in [0.717, 1.165) is 13.1 Å². The van der Waals surface area contributed by atoms with Crippen LogP contribution >= 0.6 is 11.6 Å². The number of benzene rings is 1. The Hall–Kier alpha value is -0.820. The summed E-state index contributed by atoms with van der Waals surface area (Å²) in [5.41, 5.74) is 6.12. The molecule has 0 aromatic heterocycles. The molecule has 118 valence electrons. The van der Waals surface area contributed by atoms with Gasteiger partial charge in [-0.1, -0.05) is 11.6 Å². The maximum Gasteiger partial charge on any atom is 0.244 e. The van der Waals surface area contributed by atoms with Gasteiger partial charge < -0.3 is 5.73 Å². The zero-order valence-corrected chi connectivity index (χ0v) is 14.2. The van der Waals surface area contributed by atoms with Crippen molar-refractivity contribution in [1.82, 2.24) is 9.21 Å². The Bertz CT molecular complexity index is 618. The first-order chi connectivity index (χ1) is 9.62. The lowest BCUT2D eigenvalue weighted by Crippen LogP contribution is -2.54.